The van der Waals surface area contributed by atoms with Gasteiger partial charge in [-0.05, 0) is 55.7 Å². The number of carbonyl (C=O) groups excluding carboxylic acids is 2. The van der Waals surface area contributed by atoms with Crippen LogP contribution in [0.4, 0.5) is 0 Å². The first-order chi connectivity index (χ1) is 24.9. The Hall–Kier alpha value is -3.61. The van der Waals surface area contributed by atoms with Crippen molar-refractivity contribution < 1.29 is 48.3 Å². The number of esters is 2. The third kappa shape index (κ3) is 7.57. The lowest BCUT2D eigenvalue weighted by atomic mass is 9.71. The maximum Gasteiger partial charge on any atom is 0.361 e. The van der Waals surface area contributed by atoms with Crippen LogP contribution in [0.3, 0.4) is 0 Å². The molecule has 0 unspecified atom stereocenters. The molecular weight excluding hydrogens is 666 g/mol. The molecule has 4 aliphatic heterocycles. The molecule has 0 aromatic heterocycles. The molecule has 11 heteroatoms. The van der Waals surface area contributed by atoms with E-state index in [1.165, 1.54) is 7.11 Å². The van der Waals surface area contributed by atoms with E-state index in [1.807, 2.05) is 44.2 Å². The lowest BCUT2D eigenvalue weighted by Gasteiger charge is -2.50. The summed E-state index contributed by atoms with van der Waals surface area (Å²) in [5.41, 5.74) is 0.535. The Morgan fingerprint density at radius 2 is 1.87 bits per heavy atom. The van der Waals surface area contributed by atoms with Crippen molar-refractivity contribution in [3.63, 3.8) is 0 Å². The Labute approximate surface area is 306 Å². The third-order valence-electron chi connectivity index (χ3n) is 11.4. The van der Waals surface area contributed by atoms with Gasteiger partial charge in [0.15, 0.2) is 11.5 Å². The molecule has 3 fully saturated rings. The number of hydrogen-bond donors (Lipinski definition) is 2. The van der Waals surface area contributed by atoms with Gasteiger partial charge in [-0.15, -0.1) is 0 Å². The number of ether oxygens (including phenoxy) is 5. The molecule has 52 heavy (non-hydrogen) atoms. The highest BCUT2D eigenvalue weighted by Crippen LogP contribution is 2.47. The van der Waals surface area contributed by atoms with E-state index >= 15 is 0 Å². The average Bonchev–Trinajstić information content (AvgIpc) is 3.47. The number of fused-ring (bicyclic) bond motifs is 2. The van der Waals surface area contributed by atoms with Crippen molar-refractivity contribution in [1.29, 1.82) is 0 Å². The number of rotatable bonds is 5. The van der Waals surface area contributed by atoms with E-state index in [0.29, 0.717) is 48.3 Å². The van der Waals surface area contributed by atoms with Crippen LogP contribution in [0.15, 0.2) is 82.6 Å². The van der Waals surface area contributed by atoms with E-state index in [1.54, 1.807) is 37.3 Å². The van der Waals surface area contributed by atoms with E-state index in [2.05, 4.69) is 19.0 Å². The molecule has 4 heterocycles. The smallest absolute Gasteiger partial charge is 0.361 e. The third-order valence-corrected chi connectivity index (χ3v) is 11.4. The van der Waals surface area contributed by atoms with Crippen molar-refractivity contribution in [3.8, 4) is 0 Å². The summed E-state index contributed by atoms with van der Waals surface area (Å²) in [6.45, 7) is 9.88. The second-order valence-corrected chi connectivity index (χ2v) is 15.1. The molecule has 282 valence electrons. The number of hydrogen-bond acceptors (Lipinski definition) is 11. The van der Waals surface area contributed by atoms with E-state index < -0.39 is 53.7 Å². The summed E-state index contributed by atoms with van der Waals surface area (Å²) < 4.78 is 32.0. The summed E-state index contributed by atoms with van der Waals surface area (Å²) in [6.07, 6.45) is 8.81. The van der Waals surface area contributed by atoms with Crippen LogP contribution in [0.5, 0.6) is 0 Å². The van der Waals surface area contributed by atoms with Crippen molar-refractivity contribution in [2.45, 2.75) is 121 Å². The molecular formula is C41H53NO10. The second kappa shape index (κ2) is 15.8. The summed E-state index contributed by atoms with van der Waals surface area (Å²) in [5, 5.41) is 27.4. The van der Waals surface area contributed by atoms with E-state index in [9.17, 15) is 19.8 Å². The normalized spacial score (nSPS) is 41.0. The zero-order chi connectivity index (χ0) is 37.2. The van der Waals surface area contributed by atoms with Crippen LogP contribution >= 0.6 is 0 Å². The Morgan fingerprint density at radius 3 is 2.60 bits per heavy atom. The summed E-state index contributed by atoms with van der Waals surface area (Å²) in [7, 11) is 1.38. The van der Waals surface area contributed by atoms with Gasteiger partial charge in [-0.3, -0.25) is 4.79 Å². The first-order valence-corrected chi connectivity index (χ1v) is 18.6. The lowest BCUT2D eigenvalue weighted by Crippen LogP contribution is -2.58. The van der Waals surface area contributed by atoms with Crippen LogP contribution in [0.25, 0.3) is 0 Å². The summed E-state index contributed by atoms with van der Waals surface area (Å²) >= 11 is 0. The first kappa shape index (κ1) is 38.1. The van der Waals surface area contributed by atoms with Crippen LogP contribution in [0, 0.1) is 17.8 Å². The molecule has 1 aromatic carbocycles. The number of nitrogens with zero attached hydrogens (tertiary/aromatic N) is 1. The minimum absolute atomic E-state index is 0.00166. The van der Waals surface area contributed by atoms with Crippen LogP contribution < -0.4 is 0 Å². The zero-order valence-corrected chi connectivity index (χ0v) is 31.0. The van der Waals surface area contributed by atoms with Gasteiger partial charge in [0.2, 0.25) is 0 Å². The molecule has 1 aromatic rings. The van der Waals surface area contributed by atoms with Crippen molar-refractivity contribution in [1.82, 2.24) is 0 Å². The van der Waals surface area contributed by atoms with Crippen molar-refractivity contribution in [2.75, 3.05) is 13.7 Å². The SMILES string of the molecule is CC[C@H]1O[C@]2(CC[C@@H]1C)C[C@@H]1C[C@@H](C/C=C(/C)[C@H](OC(=O)/C(=N/OC)c3ccccc3)[C@@H](C)/C=C\C=C3\CO[C@@H]4[C@H](O)C(C)=C[C@@H](C(=O)O1)[C@]34O)O2. The standard InChI is InChI=1S/C41H53NO10/c1-7-33-24(2)18-19-40(52-33)22-31-21-30(51-40)17-16-26(4)36(50-39(45)34(42-47-6)28-13-9-8-10-14-28)25(3)12-11-15-29-23-48-37-35(43)27(5)20-32(38(44)49-31)41(29,37)46/h8-16,20,24-25,30-33,35-37,43,46H,7,17-19,21-23H2,1-6H3/b12-11-,26-16-,29-15-,42-34+/t24-,25-,30+,31-,32-,33+,35+,36+,37+,40+,41+/m0/s1. The molecule has 0 saturated carbocycles. The Balaban J connectivity index is 1.39. The van der Waals surface area contributed by atoms with Gasteiger partial charge in [-0.2, -0.15) is 0 Å². The minimum atomic E-state index is -1.84. The van der Waals surface area contributed by atoms with Crippen molar-refractivity contribution in [2.24, 2.45) is 22.9 Å². The van der Waals surface area contributed by atoms with Gasteiger partial charge in [0.1, 0.15) is 43.0 Å². The quantitative estimate of drug-likeness (QED) is 0.174. The second-order valence-electron chi connectivity index (χ2n) is 15.1. The lowest BCUT2D eigenvalue weighted by molar-refractivity contribution is -0.335. The molecule has 11 nitrogen and oxygen atoms in total. The van der Waals surface area contributed by atoms with Crippen LogP contribution in [-0.2, 0) is 38.1 Å². The fraction of sp³-hybridized carbons (Fsp3) is 0.585. The summed E-state index contributed by atoms with van der Waals surface area (Å²) in [5.74, 6) is -3.24. The average molecular weight is 720 g/mol. The monoisotopic (exact) mass is 719 g/mol. The van der Waals surface area contributed by atoms with Gasteiger partial charge in [0.05, 0.1) is 18.8 Å². The number of aliphatic hydroxyl groups is 2. The zero-order valence-electron chi connectivity index (χ0n) is 31.0. The molecule has 1 spiro atoms. The molecule has 6 rings (SSSR count). The summed E-state index contributed by atoms with van der Waals surface area (Å²) in [6, 6.07) is 9.00. The molecule has 0 amide bonds. The number of allylic oxidation sites excluding steroid dienone is 2. The first-order valence-electron chi connectivity index (χ1n) is 18.6. The molecule has 0 radical (unpaired) electrons. The molecule has 3 saturated heterocycles. The van der Waals surface area contributed by atoms with Gasteiger partial charge in [0.25, 0.3) is 0 Å². The highest BCUT2D eigenvalue weighted by molar-refractivity contribution is 6.43. The van der Waals surface area contributed by atoms with E-state index in [0.717, 1.165) is 18.4 Å². The van der Waals surface area contributed by atoms with E-state index in [4.69, 9.17) is 28.5 Å². The Morgan fingerprint density at radius 1 is 1.10 bits per heavy atom. The Bertz CT molecular complexity index is 1630. The molecule has 1 aliphatic carbocycles. The van der Waals surface area contributed by atoms with Crippen LogP contribution in [0.1, 0.15) is 78.7 Å². The number of carbonyl (C=O) groups is 2. The Kier molecular flexibility index (Phi) is 11.6. The van der Waals surface area contributed by atoms with Gasteiger partial charge < -0.3 is 38.7 Å². The van der Waals surface area contributed by atoms with Crippen molar-refractivity contribution >= 4 is 17.7 Å². The highest BCUT2D eigenvalue weighted by atomic mass is 16.7. The van der Waals surface area contributed by atoms with Crippen LogP contribution in [0.2, 0.25) is 0 Å². The molecule has 5 aliphatic rings. The van der Waals surface area contributed by atoms with Crippen molar-refractivity contribution in [3.05, 3.63) is 83.0 Å². The fourth-order valence-electron chi connectivity index (χ4n) is 8.43. The minimum Gasteiger partial charge on any atom is -0.462 e. The predicted octanol–water partition coefficient (Wildman–Crippen LogP) is 5.50. The largest absolute Gasteiger partial charge is 0.462 e. The number of oxime groups is 1. The van der Waals surface area contributed by atoms with Gasteiger partial charge >= 0.3 is 11.9 Å². The maximum atomic E-state index is 14.1. The topological polar surface area (TPSA) is 142 Å². The molecule has 2 bridgehead atoms. The van der Waals surface area contributed by atoms with Crippen LogP contribution in [-0.4, -0.2) is 89.6 Å². The predicted molar refractivity (Wildman–Crippen MR) is 193 cm³/mol. The molecule has 2 N–H and O–H groups in total. The maximum absolute atomic E-state index is 14.1. The van der Waals surface area contributed by atoms with Gasteiger partial charge in [0, 0.05) is 30.7 Å². The van der Waals surface area contributed by atoms with E-state index in [-0.39, 0.29) is 30.4 Å². The van der Waals surface area contributed by atoms with Gasteiger partial charge in [-0.25, -0.2) is 4.79 Å². The highest BCUT2D eigenvalue weighted by Gasteiger charge is 2.60. The molecule has 11 atom stereocenters. The number of benzene rings is 1. The fourth-order valence-corrected chi connectivity index (χ4v) is 8.43. The summed E-state index contributed by atoms with van der Waals surface area (Å²) in [4.78, 5) is 32.9. The number of aliphatic hydroxyl groups excluding tert-OH is 1. The van der Waals surface area contributed by atoms with Gasteiger partial charge in [-0.1, -0.05) is 86.6 Å².